The lowest BCUT2D eigenvalue weighted by Crippen LogP contribution is -2.42. The molecule has 1 atom stereocenters. The van der Waals surface area contributed by atoms with Crippen LogP contribution < -0.4 is 5.32 Å². The van der Waals surface area contributed by atoms with E-state index in [1.807, 2.05) is 4.90 Å². The topological polar surface area (TPSA) is 91.3 Å². The van der Waals surface area contributed by atoms with Gasteiger partial charge in [0.05, 0.1) is 0 Å². The van der Waals surface area contributed by atoms with Crippen LogP contribution in [-0.2, 0) is 0 Å². The van der Waals surface area contributed by atoms with Gasteiger partial charge in [0, 0.05) is 24.7 Å². The summed E-state index contributed by atoms with van der Waals surface area (Å²) in [5, 5.41) is 14.1. The first-order valence-corrected chi connectivity index (χ1v) is 7.03. The van der Waals surface area contributed by atoms with E-state index in [2.05, 4.69) is 10.3 Å². The van der Waals surface area contributed by atoms with Gasteiger partial charge in [0.25, 0.3) is 5.91 Å². The molecule has 0 aromatic carbocycles. The van der Waals surface area contributed by atoms with Gasteiger partial charge < -0.3 is 20.3 Å². The summed E-state index contributed by atoms with van der Waals surface area (Å²) >= 11 is 0. The Balaban J connectivity index is 1.72. The minimum absolute atomic E-state index is 0.130. The van der Waals surface area contributed by atoms with Gasteiger partial charge in [0.15, 0.2) is 5.69 Å². The largest absolute Gasteiger partial charge is 0.358 e. The zero-order valence-electron chi connectivity index (χ0n) is 11.2. The Morgan fingerprint density at radius 1 is 1.40 bits per heavy atom. The molecular formula is C13H18N4O3. The number of nitrogens with zero attached hydrogens (tertiary/aromatic N) is 2. The highest BCUT2D eigenvalue weighted by Crippen LogP contribution is 2.29. The average Bonchev–Trinajstić information content (AvgIpc) is 2.95. The van der Waals surface area contributed by atoms with Gasteiger partial charge in [-0.15, -0.1) is 0 Å². The molecule has 0 radical (unpaired) electrons. The lowest BCUT2D eigenvalue weighted by Gasteiger charge is -2.24. The molecule has 2 fully saturated rings. The number of nitrogens with one attached hydrogen (secondary N) is 2. The van der Waals surface area contributed by atoms with Crippen molar-refractivity contribution in [1.29, 1.82) is 0 Å². The molecule has 7 nitrogen and oxygen atoms in total. The summed E-state index contributed by atoms with van der Waals surface area (Å²) in [6.45, 7) is 1.70. The highest BCUT2D eigenvalue weighted by Gasteiger charge is 2.36. The van der Waals surface area contributed by atoms with Crippen LogP contribution in [0, 0.1) is 10.1 Å². The quantitative estimate of drug-likeness (QED) is 0.627. The molecule has 1 unspecified atom stereocenters. The fraction of sp³-hybridized carbons (Fsp3) is 0.615. The summed E-state index contributed by atoms with van der Waals surface area (Å²) < 4.78 is 0. The minimum atomic E-state index is -0.517. The van der Waals surface area contributed by atoms with Crippen molar-refractivity contribution in [2.45, 2.75) is 37.8 Å². The number of carbonyl (C=O) groups is 1. The van der Waals surface area contributed by atoms with Crippen molar-refractivity contribution in [3.63, 3.8) is 0 Å². The smallest absolute Gasteiger partial charge is 0.321 e. The number of nitro groups is 1. The number of hydrogen-bond acceptors (Lipinski definition) is 4. The Morgan fingerprint density at radius 2 is 2.20 bits per heavy atom. The summed E-state index contributed by atoms with van der Waals surface area (Å²) in [5.41, 5.74) is 0.307. The van der Waals surface area contributed by atoms with Gasteiger partial charge in [-0.3, -0.25) is 4.79 Å². The van der Waals surface area contributed by atoms with Crippen LogP contribution in [-0.4, -0.2) is 45.9 Å². The number of rotatable bonds is 5. The van der Waals surface area contributed by atoms with Gasteiger partial charge >= 0.3 is 5.82 Å². The molecule has 1 aromatic heterocycles. The van der Waals surface area contributed by atoms with Crippen molar-refractivity contribution < 1.29 is 9.72 Å². The zero-order valence-corrected chi connectivity index (χ0v) is 11.2. The summed E-state index contributed by atoms with van der Waals surface area (Å²) in [4.78, 5) is 27.1. The summed E-state index contributed by atoms with van der Waals surface area (Å²) in [5.74, 6) is -0.266. The van der Waals surface area contributed by atoms with E-state index in [4.69, 9.17) is 0 Å². The second-order valence-corrected chi connectivity index (χ2v) is 5.50. The molecule has 2 aliphatic rings. The summed E-state index contributed by atoms with van der Waals surface area (Å²) in [6.07, 6.45) is 4.29. The van der Waals surface area contributed by atoms with Crippen LogP contribution >= 0.6 is 0 Å². The molecular weight excluding hydrogens is 260 g/mol. The maximum absolute atomic E-state index is 12.5. The first-order chi connectivity index (χ1) is 9.65. The molecule has 7 heteroatoms. The molecule has 1 saturated carbocycles. The molecule has 1 aliphatic carbocycles. The van der Waals surface area contributed by atoms with Crippen LogP contribution in [0.15, 0.2) is 12.1 Å². The maximum atomic E-state index is 12.5. The monoisotopic (exact) mass is 278 g/mol. The highest BCUT2D eigenvalue weighted by atomic mass is 16.6. The Bertz CT molecular complexity index is 517. The van der Waals surface area contributed by atoms with Crippen LogP contribution in [0.4, 0.5) is 5.82 Å². The Labute approximate surface area is 116 Å². The zero-order chi connectivity index (χ0) is 14.1. The number of H-pyrrole nitrogens is 1. The molecule has 2 heterocycles. The van der Waals surface area contributed by atoms with E-state index < -0.39 is 4.92 Å². The average molecular weight is 278 g/mol. The van der Waals surface area contributed by atoms with Crippen molar-refractivity contribution in [2.75, 3.05) is 13.1 Å². The fourth-order valence-electron chi connectivity index (χ4n) is 2.70. The molecule has 1 saturated heterocycles. The molecule has 1 aliphatic heterocycles. The normalized spacial score (nSPS) is 21.9. The van der Waals surface area contributed by atoms with E-state index in [0.717, 1.165) is 32.2 Å². The third-order valence-corrected chi connectivity index (χ3v) is 3.93. The predicted octanol–water partition coefficient (Wildman–Crippen LogP) is 1.28. The Hall–Kier alpha value is -1.89. The first kappa shape index (κ1) is 13.1. The van der Waals surface area contributed by atoms with Crippen LogP contribution in [0.5, 0.6) is 0 Å². The van der Waals surface area contributed by atoms with Crippen molar-refractivity contribution in [2.24, 2.45) is 0 Å². The maximum Gasteiger partial charge on any atom is 0.321 e. The van der Waals surface area contributed by atoms with Crippen molar-refractivity contribution in [3.05, 3.63) is 27.9 Å². The molecule has 0 spiro atoms. The lowest BCUT2D eigenvalue weighted by molar-refractivity contribution is -0.389. The van der Waals surface area contributed by atoms with Gasteiger partial charge in [0.2, 0.25) is 0 Å². The fourth-order valence-corrected chi connectivity index (χ4v) is 2.70. The first-order valence-electron chi connectivity index (χ1n) is 7.03. The van der Waals surface area contributed by atoms with Gasteiger partial charge in [-0.2, -0.15) is 0 Å². The summed E-state index contributed by atoms with van der Waals surface area (Å²) in [7, 11) is 0. The molecule has 1 amide bonds. The SMILES string of the molecule is O=C(c1ccc([N+](=O)[O-])[nH]1)N(CC1CCCN1)C1CC1. The summed E-state index contributed by atoms with van der Waals surface area (Å²) in [6, 6.07) is 3.49. The van der Waals surface area contributed by atoms with Gasteiger partial charge in [0.1, 0.15) is 0 Å². The van der Waals surface area contributed by atoms with Crippen molar-refractivity contribution in [3.8, 4) is 0 Å². The number of aromatic amines is 1. The van der Waals surface area contributed by atoms with E-state index in [1.54, 1.807) is 0 Å². The van der Waals surface area contributed by atoms with Crippen LogP contribution in [0.1, 0.15) is 36.2 Å². The second kappa shape index (κ2) is 5.24. The van der Waals surface area contributed by atoms with Gasteiger partial charge in [-0.1, -0.05) is 0 Å². The van der Waals surface area contributed by atoms with Gasteiger partial charge in [-0.25, -0.2) is 4.98 Å². The van der Waals surface area contributed by atoms with E-state index >= 15 is 0 Å². The van der Waals surface area contributed by atoms with Crippen LogP contribution in [0.2, 0.25) is 0 Å². The Kier molecular flexibility index (Phi) is 3.43. The minimum Gasteiger partial charge on any atom is -0.358 e. The third-order valence-electron chi connectivity index (χ3n) is 3.93. The van der Waals surface area contributed by atoms with Gasteiger partial charge in [-0.05, 0) is 43.2 Å². The Morgan fingerprint density at radius 3 is 2.75 bits per heavy atom. The number of hydrogen-bond donors (Lipinski definition) is 2. The lowest BCUT2D eigenvalue weighted by atomic mass is 10.2. The third kappa shape index (κ3) is 2.67. The molecule has 20 heavy (non-hydrogen) atoms. The highest BCUT2D eigenvalue weighted by molar-refractivity contribution is 5.93. The number of carbonyl (C=O) groups excluding carboxylic acids is 1. The van der Waals surface area contributed by atoms with E-state index in [1.165, 1.54) is 12.1 Å². The molecule has 108 valence electrons. The van der Waals surface area contributed by atoms with Crippen LogP contribution in [0.3, 0.4) is 0 Å². The predicted molar refractivity (Wildman–Crippen MR) is 72.5 cm³/mol. The van der Waals surface area contributed by atoms with E-state index in [-0.39, 0.29) is 11.7 Å². The number of aromatic nitrogens is 1. The van der Waals surface area contributed by atoms with Crippen molar-refractivity contribution in [1.82, 2.24) is 15.2 Å². The van der Waals surface area contributed by atoms with E-state index in [9.17, 15) is 14.9 Å². The molecule has 2 N–H and O–H groups in total. The van der Waals surface area contributed by atoms with Crippen LogP contribution in [0.25, 0.3) is 0 Å². The molecule has 1 aromatic rings. The standard InChI is InChI=1S/C13H18N4O3/c18-13(11-5-6-12(15-11)17(19)20)16(10-3-4-10)8-9-2-1-7-14-9/h5-6,9-10,14-15H,1-4,7-8H2. The molecule has 3 rings (SSSR count). The molecule has 0 bridgehead atoms. The van der Waals surface area contributed by atoms with Crippen molar-refractivity contribution >= 4 is 11.7 Å². The number of amides is 1. The second-order valence-electron chi connectivity index (χ2n) is 5.50. The van der Waals surface area contributed by atoms with E-state index in [0.29, 0.717) is 24.3 Å².